The number of anilines is 2. The number of rotatable bonds is 8. The van der Waals surface area contributed by atoms with Crippen molar-refractivity contribution in [1.29, 1.82) is 5.26 Å². The topological polar surface area (TPSA) is 83.3 Å². The Kier molecular flexibility index (Phi) is 6.44. The zero-order valence-electron chi connectivity index (χ0n) is 17.9. The fourth-order valence-corrected chi connectivity index (χ4v) is 3.13. The minimum absolute atomic E-state index is 0.293. The molecule has 7 nitrogen and oxygen atoms in total. The lowest BCUT2D eigenvalue weighted by atomic mass is 10.1. The number of hydrogen-bond donors (Lipinski definition) is 1. The molecule has 0 aliphatic carbocycles. The zero-order chi connectivity index (χ0) is 22.3. The Morgan fingerprint density at radius 3 is 2.47 bits per heavy atom. The van der Waals surface area contributed by atoms with Gasteiger partial charge in [-0.1, -0.05) is 18.2 Å². The smallest absolute Gasteiger partial charge is 0.234 e. The molecular formula is C25H23N5O2. The maximum absolute atomic E-state index is 9.90. The highest BCUT2D eigenvalue weighted by Gasteiger charge is 2.17. The van der Waals surface area contributed by atoms with E-state index in [9.17, 15) is 5.26 Å². The Morgan fingerprint density at radius 2 is 1.75 bits per heavy atom. The van der Waals surface area contributed by atoms with E-state index < -0.39 is 0 Å². The van der Waals surface area contributed by atoms with Crippen LogP contribution in [0.2, 0.25) is 0 Å². The van der Waals surface area contributed by atoms with Crippen LogP contribution in [-0.2, 0) is 0 Å². The summed E-state index contributed by atoms with van der Waals surface area (Å²) < 4.78 is 11.7. The number of likely N-dealkylation sites (N-methyl/N-ethyl adjacent to an activating group) is 1. The number of nitrogens with one attached hydrogen (secondary N) is 1. The molecule has 2 heterocycles. The van der Waals surface area contributed by atoms with Crippen molar-refractivity contribution >= 4 is 22.3 Å². The number of nitrogens with zero attached hydrogens (tertiary/aromatic N) is 4. The van der Waals surface area contributed by atoms with Crippen LogP contribution in [0.4, 0.5) is 11.4 Å². The molecule has 0 aliphatic heterocycles. The van der Waals surface area contributed by atoms with E-state index in [-0.39, 0.29) is 0 Å². The number of pyridine rings is 2. The van der Waals surface area contributed by atoms with Crippen LogP contribution in [0.25, 0.3) is 10.9 Å². The van der Waals surface area contributed by atoms with E-state index in [4.69, 9.17) is 9.47 Å². The van der Waals surface area contributed by atoms with Gasteiger partial charge in [-0.2, -0.15) is 5.26 Å². The van der Waals surface area contributed by atoms with Gasteiger partial charge in [0.15, 0.2) is 0 Å². The third-order valence-electron chi connectivity index (χ3n) is 4.75. The van der Waals surface area contributed by atoms with Crippen molar-refractivity contribution in [1.82, 2.24) is 14.9 Å². The number of ether oxygens (including phenoxy) is 2. The van der Waals surface area contributed by atoms with Gasteiger partial charge in [0.1, 0.15) is 29.7 Å². The summed E-state index contributed by atoms with van der Waals surface area (Å²) in [6.45, 7) is 1.13. The normalized spacial score (nSPS) is 10.7. The van der Waals surface area contributed by atoms with Crippen molar-refractivity contribution in [2.75, 3.05) is 32.6 Å². The highest BCUT2D eigenvalue weighted by Crippen LogP contribution is 2.34. The summed E-state index contributed by atoms with van der Waals surface area (Å²) in [7, 11) is 3.93. The first-order valence-electron chi connectivity index (χ1n) is 10.2. The summed E-state index contributed by atoms with van der Waals surface area (Å²) >= 11 is 0. The predicted molar refractivity (Wildman–Crippen MR) is 125 cm³/mol. The van der Waals surface area contributed by atoms with Crippen molar-refractivity contribution < 1.29 is 9.47 Å². The largest absolute Gasteiger partial charge is 0.475 e. The molecule has 2 aromatic heterocycles. The van der Waals surface area contributed by atoms with Gasteiger partial charge in [0.2, 0.25) is 5.88 Å². The van der Waals surface area contributed by atoms with Gasteiger partial charge in [-0.05, 0) is 56.6 Å². The van der Waals surface area contributed by atoms with E-state index in [2.05, 4.69) is 21.4 Å². The summed E-state index contributed by atoms with van der Waals surface area (Å²) in [5, 5.41) is 14.1. The van der Waals surface area contributed by atoms with Crippen LogP contribution in [-0.4, -0.2) is 42.1 Å². The Labute approximate surface area is 186 Å². The number of benzene rings is 2. The standard InChI is InChI=1S/C25H23N5O2/c1-30(2)14-15-31-25-22(16-26)24(21-12-13-27-17-23(21)29-25)28-18-8-10-20(11-9-18)32-19-6-4-3-5-7-19/h3-13,17H,14-15H2,1-2H3,(H,28,29). The minimum atomic E-state index is 0.293. The van der Waals surface area contributed by atoms with E-state index in [1.165, 1.54) is 0 Å². The second-order valence-corrected chi connectivity index (χ2v) is 7.39. The molecule has 2 aromatic carbocycles. The Hall–Kier alpha value is -4.15. The second kappa shape index (κ2) is 9.77. The molecule has 0 saturated heterocycles. The molecular weight excluding hydrogens is 402 g/mol. The van der Waals surface area contributed by atoms with Gasteiger partial charge in [0.25, 0.3) is 0 Å². The maximum atomic E-state index is 9.90. The molecule has 1 N–H and O–H groups in total. The molecule has 160 valence electrons. The van der Waals surface area contributed by atoms with Gasteiger partial charge in [-0.15, -0.1) is 0 Å². The molecule has 0 spiro atoms. The van der Waals surface area contributed by atoms with Crippen molar-refractivity contribution in [2.45, 2.75) is 0 Å². The van der Waals surface area contributed by atoms with Gasteiger partial charge in [-0.3, -0.25) is 4.98 Å². The van der Waals surface area contributed by atoms with Crippen molar-refractivity contribution in [3.05, 3.63) is 78.6 Å². The van der Waals surface area contributed by atoms with Crippen LogP contribution in [0.1, 0.15) is 5.56 Å². The Bertz CT molecular complexity index is 1240. The summed E-state index contributed by atoms with van der Waals surface area (Å²) in [5.74, 6) is 1.78. The molecule has 0 fully saturated rings. The minimum Gasteiger partial charge on any atom is -0.475 e. The Balaban J connectivity index is 1.63. The van der Waals surface area contributed by atoms with Crippen molar-refractivity contribution in [2.24, 2.45) is 0 Å². The molecule has 0 atom stereocenters. The fraction of sp³-hybridized carbons (Fsp3) is 0.160. The average molecular weight is 425 g/mol. The molecule has 0 saturated carbocycles. The quantitative estimate of drug-likeness (QED) is 0.426. The lowest BCUT2D eigenvalue weighted by Crippen LogP contribution is -2.20. The number of aromatic nitrogens is 2. The number of para-hydroxylation sites is 1. The summed E-state index contributed by atoms with van der Waals surface area (Å²) in [5.41, 5.74) is 2.45. The molecule has 0 bridgehead atoms. The lowest BCUT2D eigenvalue weighted by Gasteiger charge is -2.16. The van der Waals surface area contributed by atoms with E-state index in [1.807, 2.05) is 79.7 Å². The van der Waals surface area contributed by atoms with E-state index >= 15 is 0 Å². The average Bonchev–Trinajstić information content (AvgIpc) is 2.81. The van der Waals surface area contributed by atoms with Gasteiger partial charge in [0.05, 0.1) is 17.4 Å². The molecule has 0 amide bonds. The predicted octanol–water partition coefficient (Wildman–Crippen LogP) is 4.98. The lowest BCUT2D eigenvalue weighted by molar-refractivity contribution is 0.254. The van der Waals surface area contributed by atoms with Gasteiger partial charge < -0.3 is 19.7 Å². The monoisotopic (exact) mass is 425 g/mol. The highest BCUT2D eigenvalue weighted by molar-refractivity contribution is 5.96. The van der Waals surface area contributed by atoms with Crippen LogP contribution in [0.5, 0.6) is 17.4 Å². The van der Waals surface area contributed by atoms with Gasteiger partial charge >= 0.3 is 0 Å². The van der Waals surface area contributed by atoms with Gasteiger partial charge in [-0.25, -0.2) is 4.98 Å². The first-order chi connectivity index (χ1) is 15.6. The molecule has 0 aliphatic rings. The molecule has 0 unspecified atom stereocenters. The maximum Gasteiger partial charge on any atom is 0.234 e. The van der Waals surface area contributed by atoms with Crippen LogP contribution in [0.15, 0.2) is 73.1 Å². The summed E-state index contributed by atoms with van der Waals surface area (Å²) in [4.78, 5) is 10.7. The first kappa shape index (κ1) is 21.1. The van der Waals surface area contributed by atoms with Crippen LogP contribution in [0.3, 0.4) is 0 Å². The third kappa shape index (κ3) is 4.94. The first-order valence-corrected chi connectivity index (χ1v) is 10.2. The van der Waals surface area contributed by atoms with Crippen molar-refractivity contribution in [3.63, 3.8) is 0 Å². The second-order valence-electron chi connectivity index (χ2n) is 7.39. The molecule has 32 heavy (non-hydrogen) atoms. The highest BCUT2D eigenvalue weighted by atomic mass is 16.5. The molecule has 0 radical (unpaired) electrons. The molecule has 4 rings (SSSR count). The fourth-order valence-electron chi connectivity index (χ4n) is 3.13. The van der Waals surface area contributed by atoms with Crippen LogP contribution in [0, 0.1) is 11.3 Å². The zero-order valence-corrected chi connectivity index (χ0v) is 17.9. The summed E-state index contributed by atoms with van der Waals surface area (Å²) in [6.07, 6.45) is 3.34. The van der Waals surface area contributed by atoms with E-state index in [1.54, 1.807) is 12.4 Å². The van der Waals surface area contributed by atoms with Crippen LogP contribution >= 0.6 is 0 Å². The number of nitriles is 1. The van der Waals surface area contributed by atoms with Crippen LogP contribution < -0.4 is 14.8 Å². The van der Waals surface area contributed by atoms with E-state index in [0.29, 0.717) is 35.8 Å². The van der Waals surface area contributed by atoms with Gasteiger partial charge in [0, 0.05) is 23.8 Å². The Morgan fingerprint density at radius 1 is 1.00 bits per heavy atom. The third-order valence-corrected chi connectivity index (χ3v) is 4.75. The number of hydrogen-bond acceptors (Lipinski definition) is 7. The number of fused-ring (bicyclic) bond motifs is 1. The summed E-state index contributed by atoms with van der Waals surface area (Å²) in [6, 6.07) is 21.2. The molecule has 4 aromatic rings. The SMILES string of the molecule is CN(C)CCOc1nc2cnccc2c(Nc2ccc(Oc3ccccc3)cc2)c1C#N. The van der Waals surface area contributed by atoms with Crippen molar-refractivity contribution in [3.8, 4) is 23.4 Å². The molecule has 7 heteroatoms. The van der Waals surface area contributed by atoms with E-state index in [0.717, 1.165) is 22.6 Å².